The highest BCUT2D eigenvalue weighted by Crippen LogP contribution is 2.39. The second kappa shape index (κ2) is 19.5. The number of aromatic nitrogens is 2. The van der Waals surface area contributed by atoms with Crippen molar-refractivity contribution in [2.45, 2.75) is 126 Å². The number of allylic oxidation sites excluding steroid dienone is 2. The van der Waals surface area contributed by atoms with Crippen molar-refractivity contribution in [2.24, 2.45) is 11.8 Å². The van der Waals surface area contributed by atoms with Gasteiger partial charge < -0.3 is 10.1 Å². The average Bonchev–Trinajstić information content (AvgIpc) is 3.00. The van der Waals surface area contributed by atoms with Gasteiger partial charge in [-0.1, -0.05) is 104 Å². The molecule has 40 heavy (non-hydrogen) atoms. The first-order valence-corrected chi connectivity index (χ1v) is 15.9. The minimum Gasteiger partial charge on any atom is -0.459 e. The van der Waals surface area contributed by atoms with Crippen LogP contribution in [-0.2, 0) is 16.1 Å². The quantitative estimate of drug-likeness (QED) is 0.347. The van der Waals surface area contributed by atoms with Gasteiger partial charge in [-0.15, -0.1) is 0 Å². The molecule has 224 valence electrons. The summed E-state index contributed by atoms with van der Waals surface area (Å²) >= 11 is 0. The summed E-state index contributed by atoms with van der Waals surface area (Å²) < 4.78 is 5.32. The van der Waals surface area contributed by atoms with Crippen molar-refractivity contribution in [1.29, 1.82) is 0 Å². The Hall–Kier alpha value is -2.53. The molecular formula is C35H57N3O2. The predicted molar refractivity (Wildman–Crippen MR) is 171 cm³/mol. The predicted octanol–water partition coefficient (Wildman–Crippen LogP) is 9.42. The zero-order chi connectivity index (χ0) is 30.0. The van der Waals surface area contributed by atoms with Gasteiger partial charge in [-0.05, 0) is 63.0 Å². The van der Waals surface area contributed by atoms with E-state index in [-0.39, 0.29) is 12.5 Å². The topological polar surface area (TPSA) is 64.1 Å². The summed E-state index contributed by atoms with van der Waals surface area (Å²) in [5, 5.41) is 3.14. The molecular weight excluding hydrogens is 494 g/mol. The number of hydrogen-bond acceptors (Lipinski definition) is 5. The molecule has 1 atom stereocenters. The van der Waals surface area contributed by atoms with Crippen LogP contribution < -0.4 is 5.32 Å². The third kappa shape index (κ3) is 12.3. The summed E-state index contributed by atoms with van der Waals surface area (Å²) in [7, 11) is 0. The van der Waals surface area contributed by atoms with Gasteiger partial charge in [-0.2, -0.15) is 0 Å². The van der Waals surface area contributed by atoms with Crippen molar-refractivity contribution in [3.05, 3.63) is 53.9 Å². The van der Waals surface area contributed by atoms with E-state index in [0.717, 1.165) is 40.8 Å². The van der Waals surface area contributed by atoms with E-state index in [1.54, 1.807) is 0 Å². The largest absolute Gasteiger partial charge is 0.459 e. The Kier molecular flexibility index (Phi) is 17.3. The Morgan fingerprint density at radius 1 is 0.850 bits per heavy atom. The molecule has 0 amide bonds. The molecule has 2 aromatic rings. The molecule has 1 aromatic carbocycles. The van der Waals surface area contributed by atoms with Crippen molar-refractivity contribution in [1.82, 2.24) is 15.3 Å². The van der Waals surface area contributed by atoms with E-state index in [1.807, 2.05) is 99.0 Å². The molecule has 2 aliphatic rings. The molecule has 0 saturated heterocycles. The number of nitrogens with zero attached hydrogens (tertiary/aromatic N) is 2. The number of carbonyl (C=O) groups excluding carboxylic acids is 1. The Morgan fingerprint density at radius 3 is 1.98 bits per heavy atom. The van der Waals surface area contributed by atoms with Crippen molar-refractivity contribution in [3.63, 3.8) is 0 Å². The summed E-state index contributed by atoms with van der Waals surface area (Å²) in [6, 6.07) is 8.16. The number of rotatable bonds is 7. The van der Waals surface area contributed by atoms with Crippen LogP contribution in [0.15, 0.2) is 42.7 Å². The minimum atomic E-state index is -0.457. The Balaban J connectivity index is 0.00000125. The van der Waals surface area contributed by atoms with Crippen LogP contribution in [0, 0.1) is 11.8 Å². The number of hydrogen-bond donors (Lipinski definition) is 1. The van der Waals surface area contributed by atoms with E-state index < -0.39 is 5.60 Å². The third-order valence-corrected chi connectivity index (χ3v) is 7.02. The SMILES string of the molecule is CC.CC.CC.CC(C)(C)OC(=O)CNCc1ccc(-c2ncc(C3=CCC(C4CCCCC4)CC3)cn2)cc1. The van der Waals surface area contributed by atoms with E-state index >= 15 is 0 Å². The molecule has 0 spiro atoms. The second-order valence-corrected chi connectivity index (χ2v) is 10.8. The Bertz CT molecular complexity index is 969. The highest BCUT2D eigenvalue weighted by atomic mass is 16.6. The monoisotopic (exact) mass is 551 g/mol. The highest BCUT2D eigenvalue weighted by molar-refractivity contribution is 5.72. The standard InChI is InChI=1S/C29H39N3O2.3C2H6/c1-29(2,3)34-27(33)20-30-17-21-9-11-25(12-10-21)28-31-18-26(19-32-28)24-15-13-23(14-16-24)22-7-5-4-6-8-22;3*1-2/h9-12,15,18-19,22-23,30H,4-8,13-14,16-17,20H2,1-3H3;3*1-2H3. The van der Waals surface area contributed by atoms with Crippen LogP contribution in [0.3, 0.4) is 0 Å². The summed E-state index contributed by atoms with van der Waals surface area (Å²) in [5.41, 5.74) is 4.21. The molecule has 4 rings (SSSR count). The molecule has 1 N–H and O–H groups in total. The summed E-state index contributed by atoms with van der Waals surface area (Å²) in [6.45, 7) is 18.4. The van der Waals surface area contributed by atoms with Crippen LogP contribution in [0.5, 0.6) is 0 Å². The maximum Gasteiger partial charge on any atom is 0.320 e. The first-order chi connectivity index (χ1) is 19.4. The smallest absolute Gasteiger partial charge is 0.320 e. The Labute approximate surface area is 245 Å². The van der Waals surface area contributed by atoms with Crippen LogP contribution >= 0.6 is 0 Å². The van der Waals surface area contributed by atoms with E-state index in [9.17, 15) is 4.79 Å². The maximum atomic E-state index is 11.8. The first-order valence-electron chi connectivity index (χ1n) is 15.9. The number of ether oxygens (including phenoxy) is 1. The van der Waals surface area contributed by atoms with Crippen LogP contribution in [0.1, 0.15) is 125 Å². The van der Waals surface area contributed by atoms with Crippen molar-refractivity contribution in [3.8, 4) is 11.4 Å². The van der Waals surface area contributed by atoms with Gasteiger partial charge in [0.05, 0.1) is 6.54 Å². The molecule has 1 heterocycles. The van der Waals surface area contributed by atoms with E-state index in [0.29, 0.717) is 6.54 Å². The molecule has 2 aliphatic carbocycles. The normalized spacial score (nSPS) is 17.0. The zero-order valence-electron chi connectivity index (χ0n) is 27.0. The molecule has 0 radical (unpaired) electrons. The highest BCUT2D eigenvalue weighted by Gasteiger charge is 2.25. The van der Waals surface area contributed by atoms with E-state index in [4.69, 9.17) is 4.74 Å². The molecule has 5 nitrogen and oxygen atoms in total. The lowest BCUT2D eigenvalue weighted by molar-refractivity contribution is -0.153. The van der Waals surface area contributed by atoms with Crippen LogP contribution in [0.2, 0.25) is 0 Å². The number of nitrogens with one attached hydrogen (secondary N) is 1. The van der Waals surface area contributed by atoms with Gasteiger partial charge in [0.15, 0.2) is 5.82 Å². The van der Waals surface area contributed by atoms with Gasteiger partial charge in [0.2, 0.25) is 0 Å². The molecule has 0 bridgehead atoms. The number of carbonyl (C=O) groups is 1. The van der Waals surface area contributed by atoms with Gasteiger partial charge in [0, 0.05) is 30.1 Å². The minimum absolute atomic E-state index is 0.195. The van der Waals surface area contributed by atoms with Crippen LogP contribution in [0.25, 0.3) is 17.0 Å². The molecule has 5 heteroatoms. The van der Waals surface area contributed by atoms with Crippen molar-refractivity contribution < 1.29 is 9.53 Å². The first kappa shape index (κ1) is 35.5. The van der Waals surface area contributed by atoms with Gasteiger partial charge in [0.25, 0.3) is 0 Å². The van der Waals surface area contributed by atoms with Crippen LogP contribution in [-0.4, -0.2) is 28.1 Å². The lowest BCUT2D eigenvalue weighted by Crippen LogP contribution is -2.31. The molecule has 1 aromatic heterocycles. The van der Waals surface area contributed by atoms with E-state index in [1.165, 1.54) is 50.5 Å². The molecule has 1 unspecified atom stereocenters. The van der Waals surface area contributed by atoms with E-state index in [2.05, 4.69) is 21.4 Å². The molecule has 1 saturated carbocycles. The fourth-order valence-electron chi connectivity index (χ4n) is 5.25. The fourth-order valence-corrected chi connectivity index (χ4v) is 5.25. The molecule has 1 fully saturated rings. The maximum absolute atomic E-state index is 11.8. The molecule has 0 aliphatic heterocycles. The second-order valence-electron chi connectivity index (χ2n) is 10.8. The number of benzene rings is 1. The fraction of sp³-hybridized carbons (Fsp3) is 0.629. The summed E-state index contributed by atoms with van der Waals surface area (Å²) in [5.74, 6) is 2.32. The summed E-state index contributed by atoms with van der Waals surface area (Å²) in [4.78, 5) is 21.1. The average molecular weight is 552 g/mol. The lowest BCUT2D eigenvalue weighted by Gasteiger charge is -2.32. The lowest BCUT2D eigenvalue weighted by atomic mass is 9.73. The Morgan fingerprint density at radius 2 is 1.45 bits per heavy atom. The van der Waals surface area contributed by atoms with Gasteiger partial charge in [0.1, 0.15) is 5.60 Å². The zero-order valence-corrected chi connectivity index (χ0v) is 27.0. The van der Waals surface area contributed by atoms with Gasteiger partial charge in [-0.3, -0.25) is 4.79 Å². The summed E-state index contributed by atoms with van der Waals surface area (Å²) in [6.07, 6.45) is 17.2. The van der Waals surface area contributed by atoms with Crippen molar-refractivity contribution in [2.75, 3.05) is 6.54 Å². The van der Waals surface area contributed by atoms with Crippen molar-refractivity contribution >= 4 is 11.5 Å². The third-order valence-electron chi connectivity index (χ3n) is 7.02. The van der Waals surface area contributed by atoms with Gasteiger partial charge in [-0.25, -0.2) is 9.97 Å². The van der Waals surface area contributed by atoms with Crippen LogP contribution in [0.4, 0.5) is 0 Å². The number of esters is 1. The van der Waals surface area contributed by atoms with Gasteiger partial charge >= 0.3 is 5.97 Å².